The number of aryl methyl sites for hydroxylation is 1. The molecule has 6 rings (SSSR count). The van der Waals surface area contributed by atoms with Gasteiger partial charge in [-0.2, -0.15) is 0 Å². The maximum absolute atomic E-state index is 13.4. The van der Waals surface area contributed by atoms with E-state index >= 15 is 0 Å². The first kappa shape index (κ1) is 28.7. The van der Waals surface area contributed by atoms with Crippen molar-refractivity contribution in [3.05, 3.63) is 130 Å². The van der Waals surface area contributed by atoms with Gasteiger partial charge < -0.3 is 14.3 Å². The topological polar surface area (TPSA) is 106 Å². The standard InChI is InChI=1S/C32H24ClN3O5S2/c1-19-4-2-5-21(16-19)17-41-24-13-9-22(10-14-24)28(37)26-27(25-6-3-15-40-25)36(30(39)29(26)38)31-34-35-32(43-31)42-18-20-7-11-23(33)12-8-20/h2-16,27,37H,17-18H2,1H3/b28-26+. The van der Waals surface area contributed by atoms with Crippen LogP contribution < -0.4 is 9.64 Å². The van der Waals surface area contributed by atoms with E-state index in [0.29, 0.717) is 38.8 Å². The molecule has 1 saturated heterocycles. The maximum Gasteiger partial charge on any atom is 0.302 e. The van der Waals surface area contributed by atoms with Crippen LogP contribution >= 0.6 is 34.7 Å². The van der Waals surface area contributed by atoms with Crippen molar-refractivity contribution in [2.75, 3.05) is 4.90 Å². The van der Waals surface area contributed by atoms with Crippen LogP contribution in [-0.2, 0) is 21.9 Å². The number of thioether (sulfide) groups is 1. The lowest BCUT2D eigenvalue weighted by Gasteiger charge is -2.20. The number of ketones is 1. The molecule has 3 heterocycles. The van der Waals surface area contributed by atoms with Crippen molar-refractivity contribution in [2.24, 2.45) is 0 Å². The number of aliphatic hydroxyl groups excluding tert-OH is 1. The largest absolute Gasteiger partial charge is 0.507 e. The molecule has 5 aromatic rings. The summed E-state index contributed by atoms with van der Waals surface area (Å²) >= 11 is 8.61. The van der Waals surface area contributed by atoms with Gasteiger partial charge in [0, 0.05) is 16.3 Å². The van der Waals surface area contributed by atoms with Gasteiger partial charge in [0.1, 0.15) is 29.9 Å². The Morgan fingerprint density at radius 1 is 1.02 bits per heavy atom. The van der Waals surface area contributed by atoms with Crippen molar-refractivity contribution in [3.8, 4) is 5.75 Å². The third kappa shape index (κ3) is 6.22. The number of benzene rings is 3. The normalized spacial score (nSPS) is 16.1. The number of amides is 1. The molecular weight excluding hydrogens is 606 g/mol. The number of nitrogens with zero attached hydrogens (tertiary/aromatic N) is 3. The summed E-state index contributed by atoms with van der Waals surface area (Å²) in [5.41, 5.74) is 3.49. The predicted molar refractivity (Wildman–Crippen MR) is 166 cm³/mol. The number of hydrogen-bond donors (Lipinski definition) is 1. The monoisotopic (exact) mass is 629 g/mol. The van der Waals surface area contributed by atoms with Crippen LogP contribution in [0.25, 0.3) is 5.76 Å². The summed E-state index contributed by atoms with van der Waals surface area (Å²) in [7, 11) is 0. The number of Topliss-reactive ketones (excluding diaryl/α,β-unsaturated/α-hetero) is 1. The first-order chi connectivity index (χ1) is 20.9. The lowest BCUT2D eigenvalue weighted by Crippen LogP contribution is -2.29. The van der Waals surface area contributed by atoms with Crippen molar-refractivity contribution < 1.29 is 23.8 Å². The molecule has 1 amide bonds. The zero-order chi connectivity index (χ0) is 29.9. The van der Waals surface area contributed by atoms with Gasteiger partial charge in [0.05, 0.1) is 11.8 Å². The van der Waals surface area contributed by atoms with E-state index in [1.165, 1.54) is 34.3 Å². The second kappa shape index (κ2) is 12.5. The molecule has 1 atom stereocenters. The van der Waals surface area contributed by atoms with Crippen LogP contribution in [0, 0.1) is 6.92 Å². The van der Waals surface area contributed by atoms with Gasteiger partial charge in [0.15, 0.2) is 4.34 Å². The Morgan fingerprint density at radius 2 is 1.81 bits per heavy atom. The summed E-state index contributed by atoms with van der Waals surface area (Å²) in [5, 5.41) is 20.7. The predicted octanol–water partition coefficient (Wildman–Crippen LogP) is 7.59. The molecule has 11 heteroatoms. The third-order valence-electron chi connectivity index (χ3n) is 6.75. The minimum Gasteiger partial charge on any atom is -0.507 e. The first-order valence-corrected chi connectivity index (χ1v) is 15.4. The maximum atomic E-state index is 13.4. The Labute approximate surface area is 260 Å². The molecule has 1 N–H and O–H groups in total. The van der Waals surface area contributed by atoms with E-state index in [1.54, 1.807) is 36.4 Å². The molecule has 216 valence electrons. The quantitative estimate of drug-likeness (QED) is 0.0584. The number of furan rings is 1. The molecule has 0 saturated carbocycles. The molecule has 0 radical (unpaired) electrons. The number of aliphatic hydroxyl groups is 1. The highest BCUT2D eigenvalue weighted by atomic mass is 35.5. The second-order valence-electron chi connectivity index (χ2n) is 9.75. The Balaban J connectivity index is 1.25. The summed E-state index contributed by atoms with van der Waals surface area (Å²) in [6.07, 6.45) is 1.45. The SMILES string of the molecule is Cc1cccc(COc2ccc(/C(O)=C3\C(=O)C(=O)N(c4nnc(SCc5ccc(Cl)cc5)s4)C3c3ccco3)cc2)c1. The molecule has 1 unspecified atom stereocenters. The molecule has 1 aliphatic heterocycles. The van der Waals surface area contributed by atoms with E-state index in [9.17, 15) is 14.7 Å². The van der Waals surface area contributed by atoms with Crippen molar-refractivity contribution >= 4 is 57.3 Å². The van der Waals surface area contributed by atoms with E-state index in [0.717, 1.165) is 16.7 Å². The van der Waals surface area contributed by atoms with E-state index in [-0.39, 0.29) is 16.5 Å². The van der Waals surface area contributed by atoms with Crippen LogP contribution in [0.15, 0.2) is 106 Å². The van der Waals surface area contributed by atoms with Crippen molar-refractivity contribution in [1.82, 2.24) is 10.2 Å². The van der Waals surface area contributed by atoms with Gasteiger partial charge in [-0.25, -0.2) is 0 Å². The molecule has 0 aliphatic carbocycles. The van der Waals surface area contributed by atoms with Crippen LogP contribution in [0.2, 0.25) is 5.02 Å². The summed E-state index contributed by atoms with van der Waals surface area (Å²) in [6.45, 7) is 2.41. The van der Waals surface area contributed by atoms with E-state index < -0.39 is 17.7 Å². The minimum atomic E-state index is -1.02. The molecule has 43 heavy (non-hydrogen) atoms. The van der Waals surface area contributed by atoms with Gasteiger partial charge in [-0.15, -0.1) is 10.2 Å². The van der Waals surface area contributed by atoms with Crippen molar-refractivity contribution in [1.29, 1.82) is 0 Å². The number of carbonyl (C=O) groups is 2. The number of carbonyl (C=O) groups excluding carboxylic acids is 2. The number of ether oxygens (including phenoxy) is 1. The summed E-state index contributed by atoms with van der Waals surface area (Å²) < 4.78 is 12.1. The summed E-state index contributed by atoms with van der Waals surface area (Å²) in [5.74, 6) is -0.468. The first-order valence-electron chi connectivity index (χ1n) is 13.2. The zero-order valence-corrected chi connectivity index (χ0v) is 25.2. The fraction of sp³-hybridized carbons (Fsp3) is 0.125. The number of halogens is 1. The lowest BCUT2D eigenvalue weighted by molar-refractivity contribution is -0.132. The van der Waals surface area contributed by atoms with Crippen LogP contribution in [-0.4, -0.2) is 27.0 Å². The Bertz CT molecular complexity index is 1800. The van der Waals surface area contributed by atoms with Gasteiger partial charge in [-0.3, -0.25) is 14.5 Å². The molecule has 1 fully saturated rings. The number of anilines is 1. The third-order valence-corrected chi connectivity index (χ3v) is 9.13. The highest BCUT2D eigenvalue weighted by Gasteiger charge is 2.49. The molecular formula is C32H24ClN3O5S2. The molecule has 8 nitrogen and oxygen atoms in total. The minimum absolute atomic E-state index is 0.0982. The van der Waals surface area contributed by atoms with Gasteiger partial charge in [-0.1, -0.05) is 76.7 Å². The Morgan fingerprint density at radius 3 is 2.53 bits per heavy atom. The average Bonchev–Trinajstić information content (AvgIpc) is 3.77. The van der Waals surface area contributed by atoms with E-state index in [1.807, 2.05) is 55.5 Å². The fourth-order valence-corrected chi connectivity index (χ4v) is 6.61. The lowest BCUT2D eigenvalue weighted by atomic mass is 9.99. The molecule has 1 aliphatic rings. The van der Waals surface area contributed by atoms with Crippen LogP contribution in [0.1, 0.15) is 34.1 Å². The molecule has 0 spiro atoms. The summed E-state index contributed by atoms with van der Waals surface area (Å²) in [4.78, 5) is 28.0. The zero-order valence-electron chi connectivity index (χ0n) is 22.8. The molecule has 2 aromatic heterocycles. The molecule has 0 bridgehead atoms. The highest BCUT2D eigenvalue weighted by molar-refractivity contribution is 8.00. The van der Waals surface area contributed by atoms with E-state index in [4.69, 9.17) is 20.8 Å². The fourth-order valence-electron chi connectivity index (χ4n) is 4.66. The van der Waals surface area contributed by atoms with Gasteiger partial charge in [0.2, 0.25) is 5.13 Å². The van der Waals surface area contributed by atoms with Gasteiger partial charge >= 0.3 is 5.91 Å². The van der Waals surface area contributed by atoms with Crippen molar-refractivity contribution in [2.45, 2.75) is 29.7 Å². The molecule has 3 aromatic carbocycles. The highest BCUT2D eigenvalue weighted by Crippen LogP contribution is 2.44. The number of aromatic nitrogens is 2. The van der Waals surface area contributed by atoms with Crippen molar-refractivity contribution in [3.63, 3.8) is 0 Å². The van der Waals surface area contributed by atoms with Gasteiger partial charge in [0.25, 0.3) is 5.78 Å². The summed E-state index contributed by atoms with van der Waals surface area (Å²) in [6, 6.07) is 24.5. The van der Waals surface area contributed by atoms with Crippen LogP contribution in [0.5, 0.6) is 5.75 Å². The van der Waals surface area contributed by atoms with E-state index in [2.05, 4.69) is 10.2 Å². The second-order valence-corrected chi connectivity index (χ2v) is 12.4. The van der Waals surface area contributed by atoms with Crippen LogP contribution in [0.4, 0.5) is 5.13 Å². The Hall–Kier alpha value is -4.38. The number of hydrogen-bond acceptors (Lipinski definition) is 9. The number of rotatable bonds is 9. The Kier molecular flexibility index (Phi) is 8.33. The average molecular weight is 630 g/mol. The van der Waals surface area contributed by atoms with Crippen LogP contribution in [0.3, 0.4) is 0 Å². The van der Waals surface area contributed by atoms with Gasteiger partial charge in [-0.05, 0) is 66.6 Å². The smallest absolute Gasteiger partial charge is 0.302 e.